The van der Waals surface area contributed by atoms with Crippen molar-refractivity contribution in [1.29, 1.82) is 0 Å². The average molecular weight is 573 g/mol. The molecule has 0 saturated carbocycles. The Bertz CT molecular complexity index is 1900. The van der Waals surface area contributed by atoms with Crippen molar-refractivity contribution in [3.05, 3.63) is 118 Å². The number of benzene rings is 4. The Hall–Kier alpha value is -5.31. The minimum atomic E-state index is -0.0501. The molecule has 0 aliphatic heterocycles. The van der Waals surface area contributed by atoms with E-state index in [9.17, 15) is 4.79 Å². The summed E-state index contributed by atoms with van der Waals surface area (Å²) >= 11 is 0. The van der Waals surface area contributed by atoms with Gasteiger partial charge in [0.05, 0.1) is 24.6 Å². The van der Waals surface area contributed by atoms with Crippen LogP contribution in [0.4, 0.5) is 0 Å². The Morgan fingerprint density at radius 3 is 2.42 bits per heavy atom. The van der Waals surface area contributed by atoms with Gasteiger partial charge in [0.2, 0.25) is 5.82 Å². The molecule has 0 unspecified atom stereocenters. The van der Waals surface area contributed by atoms with Gasteiger partial charge in [0.15, 0.2) is 0 Å². The molecule has 9 nitrogen and oxygen atoms in total. The lowest BCUT2D eigenvalue weighted by molar-refractivity contribution is 0.304. The third-order valence-electron chi connectivity index (χ3n) is 7.42. The van der Waals surface area contributed by atoms with Gasteiger partial charge in [-0.3, -0.25) is 9.36 Å². The maximum absolute atomic E-state index is 13.9. The van der Waals surface area contributed by atoms with Crippen LogP contribution < -0.4 is 15.0 Å². The smallest absolute Gasteiger partial charge is 0.261 e. The molecular formula is C34H32N6O3. The van der Waals surface area contributed by atoms with Gasteiger partial charge in [-0.15, -0.1) is 10.2 Å². The standard InChI is InChI=1S/C34H32N6O3/c1-3-4-12-32-35-31-18-15-24(22-43-27-9-7-8-26(20-27)42-2)19-30(31)34(41)40(32)21-23-13-16-25(17-14-23)28-10-5-6-11-29(28)33-36-38-39-37-33/h5-11,13-20H,3-4,12,21-22H2,1-2H3,(H,36,37,38,39). The Balaban J connectivity index is 1.29. The number of fused-ring (bicyclic) bond motifs is 1. The van der Waals surface area contributed by atoms with Crippen LogP contribution in [0.15, 0.2) is 95.8 Å². The lowest BCUT2D eigenvalue weighted by atomic mass is 9.98. The number of tetrazole rings is 1. The van der Waals surface area contributed by atoms with Gasteiger partial charge >= 0.3 is 0 Å². The summed E-state index contributed by atoms with van der Waals surface area (Å²) in [6, 6.07) is 29.4. The van der Waals surface area contributed by atoms with Crippen molar-refractivity contribution in [2.45, 2.75) is 39.3 Å². The number of nitrogens with zero attached hydrogens (tertiary/aromatic N) is 5. The number of rotatable bonds is 11. The summed E-state index contributed by atoms with van der Waals surface area (Å²) in [5, 5.41) is 15.1. The Morgan fingerprint density at radius 1 is 0.860 bits per heavy atom. The van der Waals surface area contributed by atoms with Crippen LogP contribution in [-0.4, -0.2) is 37.3 Å². The predicted octanol–water partition coefficient (Wildman–Crippen LogP) is 6.22. The highest BCUT2D eigenvalue weighted by Crippen LogP contribution is 2.30. The minimum absolute atomic E-state index is 0.0501. The highest BCUT2D eigenvalue weighted by atomic mass is 16.5. The van der Waals surface area contributed by atoms with Crippen molar-refractivity contribution in [3.63, 3.8) is 0 Å². The number of aryl methyl sites for hydroxylation is 1. The number of aromatic amines is 1. The molecule has 6 rings (SSSR count). The van der Waals surface area contributed by atoms with E-state index in [0.717, 1.165) is 58.7 Å². The lowest BCUT2D eigenvalue weighted by Crippen LogP contribution is -2.26. The Kier molecular flexibility index (Phi) is 8.21. The van der Waals surface area contributed by atoms with Gasteiger partial charge in [0, 0.05) is 18.1 Å². The van der Waals surface area contributed by atoms with Crippen molar-refractivity contribution in [3.8, 4) is 34.0 Å². The number of nitrogens with one attached hydrogen (secondary N) is 1. The van der Waals surface area contributed by atoms with Crippen LogP contribution in [-0.2, 0) is 19.6 Å². The van der Waals surface area contributed by atoms with Crippen molar-refractivity contribution in [1.82, 2.24) is 30.2 Å². The Labute approximate surface area is 249 Å². The van der Waals surface area contributed by atoms with E-state index in [2.05, 4.69) is 51.8 Å². The van der Waals surface area contributed by atoms with Crippen LogP contribution in [0.2, 0.25) is 0 Å². The number of hydrogen-bond donors (Lipinski definition) is 1. The van der Waals surface area contributed by atoms with E-state index in [0.29, 0.717) is 35.6 Å². The van der Waals surface area contributed by atoms with Crippen LogP contribution >= 0.6 is 0 Å². The van der Waals surface area contributed by atoms with Crippen LogP contribution in [0.3, 0.4) is 0 Å². The SMILES string of the molecule is CCCCc1nc2ccc(COc3cccc(OC)c3)cc2c(=O)n1Cc1ccc(-c2ccccc2-c2nn[nH]n2)cc1. The number of ether oxygens (including phenoxy) is 2. The molecule has 0 saturated heterocycles. The fraction of sp³-hybridized carbons (Fsp3) is 0.206. The van der Waals surface area contributed by atoms with E-state index < -0.39 is 0 Å². The minimum Gasteiger partial charge on any atom is -0.497 e. The number of methoxy groups -OCH3 is 1. The summed E-state index contributed by atoms with van der Waals surface area (Å²) in [4.78, 5) is 18.9. The van der Waals surface area contributed by atoms with Gasteiger partial charge in [-0.05, 0) is 58.2 Å². The molecule has 9 heteroatoms. The first-order valence-corrected chi connectivity index (χ1v) is 14.3. The first-order chi connectivity index (χ1) is 21.1. The van der Waals surface area contributed by atoms with Crippen LogP contribution in [0, 0.1) is 0 Å². The van der Waals surface area contributed by atoms with Crippen LogP contribution in [0.25, 0.3) is 33.4 Å². The van der Waals surface area contributed by atoms with E-state index >= 15 is 0 Å². The van der Waals surface area contributed by atoms with Gasteiger partial charge in [-0.25, -0.2) is 4.98 Å². The molecule has 2 aromatic heterocycles. The summed E-state index contributed by atoms with van der Waals surface area (Å²) in [6.45, 7) is 2.90. The number of unbranched alkanes of at least 4 members (excludes halogenated alkanes) is 1. The summed E-state index contributed by atoms with van der Waals surface area (Å²) in [5.74, 6) is 2.77. The third-order valence-corrected chi connectivity index (χ3v) is 7.42. The van der Waals surface area contributed by atoms with Crippen LogP contribution in [0.1, 0.15) is 36.7 Å². The normalized spacial score (nSPS) is 11.1. The molecule has 1 N–H and O–H groups in total. The van der Waals surface area contributed by atoms with E-state index in [-0.39, 0.29) is 5.56 Å². The molecular weight excluding hydrogens is 540 g/mol. The molecule has 0 aliphatic carbocycles. The molecule has 0 atom stereocenters. The van der Waals surface area contributed by atoms with E-state index in [1.807, 2.05) is 71.3 Å². The highest BCUT2D eigenvalue weighted by molar-refractivity contribution is 5.80. The largest absolute Gasteiger partial charge is 0.497 e. The predicted molar refractivity (Wildman–Crippen MR) is 166 cm³/mol. The number of hydrogen-bond acceptors (Lipinski definition) is 7. The fourth-order valence-electron chi connectivity index (χ4n) is 5.13. The molecule has 43 heavy (non-hydrogen) atoms. The van der Waals surface area contributed by atoms with Crippen molar-refractivity contribution >= 4 is 10.9 Å². The monoisotopic (exact) mass is 572 g/mol. The third kappa shape index (κ3) is 6.16. The molecule has 4 aromatic carbocycles. The maximum Gasteiger partial charge on any atom is 0.261 e. The Morgan fingerprint density at radius 2 is 1.65 bits per heavy atom. The molecule has 2 heterocycles. The first-order valence-electron chi connectivity index (χ1n) is 14.3. The van der Waals surface area contributed by atoms with E-state index in [4.69, 9.17) is 14.5 Å². The quantitative estimate of drug-likeness (QED) is 0.196. The van der Waals surface area contributed by atoms with Gasteiger partial charge in [-0.1, -0.05) is 74.0 Å². The molecule has 0 aliphatic rings. The average Bonchev–Trinajstić information content (AvgIpc) is 3.60. The zero-order valence-electron chi connectivity index (χ0n) is 24.2. The zero-order chi connectivity index (χ0) is 29.6. The van der Waals surface area contributed by atoms with Crippen LogP contribution in [0.5, 0.6) is 11.5 Å². The molecule has 216 valence electrons. The molecule has 0 bridgehead atoms. The fourth-order valence-corrected chi connectivity index (χ4v) is 5.13. The molecule has 6 aromatic rings. The zero-order valence-corrected chi connectivity index (χ0v) is 24.2. The second-order valence-corrected chi connectivity index (χ2v) is 10.3. The summed E-state index contributed by atoms with van der Waals surface area (Å²) in [7, 11) is 1.63. The lowest BCUT2D eigenvalue weighted by Gasteiger charge is -2.15. The second kappa shape index (κ2) is 12.7. The summed E-state index contributed by atoms with van der Waals surface area (Å²) in [5.41, 5.74) is 5.49. The summed E-state index contributed by atoms with van der Waals surface area (Å²) in [6.07, 6.45) is 2.71. The first kappa shape index (κ1) is 27.8. The number of aromatic nitrogens is 6. The van der Waals surface area contributed by atoms with Gasteiger partial charge in [0.1, 0.15) is 23.9 Å². The van der Waals surface area contributed by atoms with Crippen molar-refractivity contribution < 1.29 is 9.47 Å². The van der Waals surface area contributed by atoms with E-state index in [1.54, 1.807) is 7.11 Å². The molecule has 0 amide bonds. The topological polar surface area (TPSA) is 108 Å². The molecule has 0 radical (unpaired) electrons. The maximum atomic E-state index is 13.9. The number of H-pyrrole nitrogens is 1. The molecule has 0 spiro atoms. The van der Waals surface area contributed by atoms with Crippen molar-refractivity contribution in [2.24, 2.45) is 0 Å². The second-order valence-electron chi connectivity index (χ2n) is 10.3. The summed E-state index contributed by atoms with van der Waals surface area (Å²) < 4.78 is 13.1. The van der Waals surface area contributed by atoms with Gasteiger partial charge in [0.25, 0.3) is 5.56 Å². The van der Waals surface area contributed by atoms with Gasteiger partial charge < -0.3 is 9.47 Å². The highest BCUT2D eigenvalue weighted by Gasteiger charge is 2.14. The van der Waals surface area contributed by atoms with E-state index in [1.165, 1.54) is 0 Å². The van der Waals surface area contributed by atoms with Crippen molar-refractivity contribution in [2.75, 3.05) is 7.11 Å². The molecule has 0 fully saturated rings. The van der Waals surface area contributed by atoms with Gasteiger partial charge in [-0.2, -0.15) is 5.21 Å².